The first-order chi connectivity index (χ1) is 5.77. The van der Waals surface area contributed by atoms with Crippen molar-refractivity contribution < 1.29 is 4.79 Å². The highest BCUT2D eigenvalue weighted by molar-refractivity contribution is 7.13. The van der Waals surface area contributed by atoms with Gasteiger partial charge in [-0.25, -0.2) is 9.78 Å². The van der Waals surface area contributed by atoms with Gasteiger partial charge in [0.25, 0.3) is 0 Å². The first-order valence-electron chi connectivity index (χ1n) is 3.70. The molecule has 5 heteroatoms. The summed E-state index contributed by atoms with van der Waals surface area (Å²) in [5.41, 5.74) is 8.68. The van der Waals surface area contributed by atoms with E-state index < -0.39 is 6.03 Å². The first kappa shape index (κ1) is 7.54. The number of rotatable bonds is 2. The average molecular weight is 182 g/mol. The largest absolute Gasteiger partial charge is 0.351 e. The topological polar surface area (TPSA) is 68.0 Å². The number of thiazole rings is 1. The smallest absolute Gasteiger partial charge is 0.317 e. The molecule has 0 saturated heterocycles. The second-order valence-electron chi connectivity index (χ2n) is 2.78. The Bertz CT molecular complexity index is 305. The molecule has 1 aromatic rings. The van der Waals surface area contributed by atoms with Crippen LogP contribution in [0, 0.1) is 5.51 Å². The zero-order valence-corrected chi connectivity index (χ0v) is 7.15. The maximum atomic E-state index is 10.5. The summed E-state index contributed by atoms with van der Waals surface area (Å²) in [6.45, 7) is 0. The van der Waals surface area contributed by atoms with Crippen molar-refractivity contribution in [1.82, 2.24) is 4.98 Å². The predicted octanol–water partition coefficient (Wildman–Crippen LogP) is 1.31. The Kier molecular flexibility index (Phi) is 1.73. The lowest BCUT2D eigenvalue weighted by Crippen LogP contribution is -2.19. The second-order valence-corrected chi connectivity index (χ2v) is 3.58. The van der Waals surface area contributed by atoms with Crippen LogP contribution in [0.25, 0.3) is 0 Å². The van der Waals surface area contributed by atoms with Gasteiger partial charge in [-0.3, -0.25) is 5.32 Å². The van der Waals surface area contributed by atoms with E-state index in [2.05, 4.69) is 15.8 Å². The van der Waals surface area contributed by atoms with Crippen LogP contribution in [0.1, 0.15) is 24.5 Å². The van der Waals surface area contributed by atoms with Gasteiger partial charge < -0.3 is 5.73 Å². The van der Waals surface area contributed by atoms with Crippen molar-refractivity contribution in [3.63, 3.8) is 0 Å². The molecule has 1 heterocycles. The van der Waals surface area contributed by atoms with Crippen LogP contribution in [0.2, 0.25) is 0 Å². The molecular weight excluding hydrogens is 174 g/mol. The van der Waals surface area contributed by atoms with Crippen LogP contribution < -0.4 is 11.1 Å². The number of hydrogen-bond donors (Lipinski definition) is 2. The molecule has 63 valence electrons. The number of nitrogens with two attached hydrogens (primary N) is 1. The van der Waals surface area contributed by atoms with Gasteiger partial charge in [-0.15, -0.1) is 0 Å². The Hall–Kier alpha value is -1.10. The lowest BCUT2D eigenvalue weighted by atomic mass is 10.3. The Morgan fingerprint density at radius 2 is 2.50 bits per heavy atom. The number of carbonyl (C=O) groups excluding carboxylic acids is 1. The van der Waals surface area contributed by atoms with Crippen LogP contribution in [-0.2, 0) is 0 Å². The number of hydrogen-bond acceptors (Lipinski definition) is 3. The third kappa shape index (κ3) is 1.40. The standard InChI is InChI=1S/C7H8N3OS/c8-7(11)10-6-5(4-1-2-4)9-3-12-6/h4H,1-2H2,(H3,8,10,11). The highest BCUT2D eigenvalue weighted by Gasteiger charge is 2.28. The Labute approximate surface area is 73.8 Å². The summed E-state index contributed by atoms with van der Waals surface area (Å²) in [5, 5.41) is 3.29. The Balaban J connectivity index is 2.18. The quantitative estimate of drug-likeness (QED) is 0.724. The van der Waals surface area contributed by atoms with Crippen LogP contribution in [0.4, 0.5) is 9.80 Å². The summed E-state index contributed by atoms with van der Waals surface area (Å²) >= 11 is 1.30. The van der Waals surface area contributed by atoms with Gasteiger partial charge in [-0.2, -0.15) is 0 Å². The molecule has 1 fully saturated rings. The van der Waals surface area contributed by atoms with Crippen molar-refractivity contribution in [2.24, 2.45) is 5.73 Å². The average Bonchev–Trinajstić information content (AvgIpc) is 2.73. The van der Waals surface area contributed by atoms with E-state index in [0.717, 1.165) is 23.5 Å². The summed E-state index contributed by atoms with van der Waals surface area (Å²) in [5.74, 6) is 0.523. The summed E-state index contributed by atoms with van der Waals surface area (Å²) in [6, 6.07) is -0.533. The molecular formula is C7H8N3OS. The van der Waals surface area contributed by atoms with Crippen molar-refractivity contribution in [2.45, 2.75) is 18.8 Å². The lowest BCUT2D eigenvalue weighted by molar-refractivity contribution is 0.259. The number of aromatic nitrogens is 1. The van der Waals surface area contributed by atoms with E-state index in [1.54, 1.807) is 0 Å². The summed E-state index contributed by atoms with van der Waals surface area (Å²) in [4.78, 5) is 14.6. The number of primary amides is 1. The van der Waals surface area contributed by atoms with E-state index in [4.69, 9.17) is 5.73 Å². The normalized spacial score (nSPS) is 16.0. The van der Waals surface area contributed by atoms with E-state index in [1.807, 2.05) is 0 Å². The zero-order valence-electron chi connectivity index (χ0n) is 6.33. The van der Waals surface area contributed by atoms with E-state index in [1.165, 1.54) is 11.3 Å². The second kappa shape index (κ2) is 2.75. The minimum Gasteiger partial charge on any atom is -0.351 e. The monoisotopic (exact) mass is 182 g/mol. The molecule has 4 nitrogen and oxygen atoms in total. The van der Waals surface area contributed by atoms with Crippen LogP contribution in [0.5, 0.6) is 0 Å². The number of amides is 2. The van der Waals surface area contributed by atoms with Gasteiger partial charge in [0.15, 0.2) is 5.51 Å². The molecule has 2 amide bonds. The number of nitrogens with one attached hydrogen (secondary N) is 1. The molecule has 2 rings (SSSR count). The van der Waals surface area contributed by atoms with Crippen molar-refractivity contribution in [2.75, 3.05) is 5.32 Å². The maximum absolute atomic E-state index is 10.5. The van der Waals surface area contributed by atoms with E-state index >= 15 is 0 Å². The molecule has 0 unspecified atom stereocenters. The van der Waals surface area contributed by atoms with Gasteiger partial charge in [0.05, 0.1) is 5.69 Å². The third-order valence-electron chi connectivity index (χ3n) is 1.75. The Morgan fingerprint density at radius 3 is 3.08 bits per heavy atom. The fourth-order valence-electron chi connectivity index (χ4n) is 1.06. The fraction of sp³-hybridized carbons (Fsp3) is 0.429. The number of anilines is 1. The van der Waals surface area contributed by atoms with Crippen molar-refractivity contribution >= 4 is 22.4 Å². The molecule has 1 aliphatic carbocycles. The predicted molar refractivity (Wildman–Crippen MR) is 46.1 cm³/mol. The minimum absolute atomic E-state index is 0.523. The summed E-state index contributed by atoms with van der Waals surface area (Å²) in [7, 11) is 0. The first-order valence-corrected chi connectivity index (χ1v) is 4.52. The highest BCUT2D eigenvalue weighted by atomic mass is 32.1. The van der Waals surface area contributed by atoms with E-state index in [0.29, 0.717) is 5.92 Å². The Morgan fingerprint density at radius 1 is 1.75 bits per heavy atom. The molecule has 0 spiro atoms. The van der Waals surface area contributed by atoms with Gasteiger partial charge in [-0.1, -0.05) is 11.3 Å². The molecule has 1 aliphatic rings. The number of carbonyl (C=O) groups is 1. The molecule has 3 N–H and O–H groups in total. The molecule has 0 aromatic carbocycles. The zero-order chi connectivity index (χ0) is 8.55. The minimum atomic E-state index is -0.533. The molecule has 0 bridgehead atoms. The molecule has 1 saturated carbocycles. The van der Waals surface area contributed by atoms with E-state index in [9.17, 15) is 4.79 Å². The maximum Gasteiger partial charge on any atom is 0.317 e. The van der Waals surface area contributed by atoms with Gasteiger partial charge in [0, 0.05) is 5.92 Å². The van der Waals surface area contributed by atoms with E-state index in [-0.39, 0.29) is 0 Å². The van der Waals surface area contributed by atoms with Crippen LogP contribution in [0.3, 0.4) is 0 Å². The number of urea groups is 1. The summed E-state index contributed by atoms with van der Waals surface area (Å²) in [6.07, 6.45) is 2.32. The van der Waals surface area contributed by atoms with Crippen LogP contribution in [0.15, 0.2) is 0 Å². The van der Waals surface area contributed by atoms with Crippen molar-refractivity contribution in [3.8, 4) is 0 Å². The van der Waals surface area contributed by atoms with Gasteiger partial charge in [0.1, 0.15) is 5.00 Å². The van der Waals surface area contributed by atoms with Crippen molar-refractivity contribution in [3.05, 3.63) is 11.2 Å². The fourth-order valence-corrected chi connectivity index (χ4v) is 1.76. The van der Waals surface area contributed by atoms with Gasteiger partial charge in [0.2, 0.25) is 0 Å². The number of nitrogens with zero attached hydrogens (tertiary/aromatic N) is 1. The molecule has 1 aromatic heterocycles. The van der Waals surface area contributed by atoms with Crippen LogP contribution in [-0.4, -0.2) is 11.0 Å². The lowest BCUT2D eigenvalue weighted by Gasteiger charge is -1.98. The van der Waals surface area contributed by atoms with Gasteiger partial charge in [-0.05, 0) is 12.8 Å². The van der Waals surface area contributed by atoms with Crippen LogP contribution >= 0.6 is 11.3 Å². The molecule has 1 radical (unpaired) electrons. The summed E-state index contributed by atoms with van der Waals surface area (Å²) < 4.78 is 0. The molecule has 0 atom stereocenters. The molecule has 12 heavy (non-hydrogen) atoms. The SMILES string of the molecule is NC(=O)Nc1s[c]nc1C1CC1. The third-order valence-corrected chi connectivity index (χ3v) is 2.45. The van der Waals surface area contributed by atoms with Gasteiger partial charge >= 0.3 is 6.03 Å². The highest BCUT2D eigenvalue weighted by Crippen LogP contribution is 2.43. The van der Waals surface area contributed by atoms with Crippen molar-refractivity contribution in [1.29, 1.82) is 0 Å². The molecule has 0 aliphatic heterocycles.